The maximum atomic E-state index is 12.0. The maximum Gasteiger partial charge on any atom is 0.306 e. The van der Waals surface area contributed by atoms with Crippen LogP contribution < -0.4 is 4.74 Å². The summed E-state index contributed by atoms with van der Waals surface area (Å²) in [6.07, 6.45) is 0.0898. The van der Waals surface area contributed by atoms with Crippen LogP contribution in [0.15, 0.2) is 24.3 Å². The van der Waals surface area contributed by atoms with Crippen molar-refractivity contribution in [2.75, 3.05) is 14.2 Å². The molecule has 0 spiro atoms. The average molecular weight is 236 g/mol. The van der Waals surface area contributed by atoms with Gasteiger partial charge in [-0.15, -0.1) is 0 Å². The molecule has 0 aromatic heterocycles. The number of rotatable bonds is 5. The Morgan fingerprint density at radius 3 is 2.59 bits per heavy atom. The third-order valence-corrected chi connectivity index (χ3v) is 2.50. The summed E-state index contributed by atoms with van der Waals surface area (Å²) in [5, 5.41) is 0. The van der Waals surface area contributed by atoms with Crippen molar-refractivity contribution < 1.29 is 19.1 Å². The van der Waals surface area contributed by atoms with E-state index in [0.717, 1.165) is 0 Å². The minimum atomic E-state index is -0.394. The summed E-state index contributed by atoms with van der Waals surface area (Å²) < 4.78 is 9.58. The quantitative estimate of drug-likeness (QED) is 0.580. The smallest absolute Gasteiger partial charge is 0.306 e. The van der Waals surface area contributed by atoms with Gasteiger partial charge in [-0.2, -0.15) is 0 Å². The Bertz CT molecular complexity index is 412. The molecule has 4 heteroatoms. The van der Waals surface area contributed by atoms with Crippen LogP contribution in [-0.2, 0) is 9.53 Å². The van der Waals surface area contributed by atoms with E-state index < -0.39 is 5.92 Å². The third kappa shape index (κ3) is 3.59. The van der Waals surface area contributed by atoms with E-state index in [1.807, 2.05) is 0 Å². The van der Waals surface area contributed by atoms with Gasteiger partial charge in [0.05, 0.1) is 20.6 Å². The Kier molecular flexibility index (Phi) is 4.69. The Morgan fingerprint density at radius 2 is 2.00 bits per heavy atom. The minimum Gasteiger partial charge on any atom is -0.497 e. The van der Waals surface area contributed by atoms with Gasteiger partial charge in [0.1, 0.15) is 5.75 Å². The Labute approximate surface area is 101 Å². The number of Topliss-reactive ketones (excluding diaryl/α,β-unsaturated/α-hetero) is 1. The third-order valence-electron chi connectivity index (χ3n) is 2.50. The number of esters is 1. The molecule has 17 heavy (non-hydrogen) atoms. The van der Waals surface area contributed by atoms with Crippen LogP contribution in [0.25, 0.3) is 0 Å². The van der Waals surface area contributed by atoms with E-state index in [-0.39, 0.29) is 18.2 Å². The lowest BCUT2D eigenvalue weighted by molar-refractivity contribution is -0.141. The number of ether oxygens (including phenoxy) is 2. The van der Waals surface area contributed by atoms with E-state index in [0.29, 0.717) is 11.3 Å². The normalized spacial score (nSPS) is 11.7. The number of benzene rings is 1. The number of methoxy groups -OCH3 is 2. The minimum absolute atomic E-state index is 0.0886. The van der Waals surface area contributed by atoms with Gasteiger partial charge in [0, 0.05) is 11.5 Å². The zero-order valence-electron chi connectivity index (χ0n) is 10.2. The molecule has 0 fully saturated rings. The first-order valence-electron chi connectivity index (χ1n) is 5.33. The zero-order chi connectivity index (χ0) is 12.8. The van der Waals surface area contributed by atoms with Crippen molar-refractivity contribution in [1.29, 1.82) is 0 Å². The van der Waals surface area contributed by atoms with Gasteiger partial charge in [0.2, 0.25) is 0 Å². The summed E-state index contributed by atoms with van der Waals surface area (Å²) in [6, 6.07) is 6.88. The molecular weight excluding hydrogens is 220 g/mol. The van der Waals surface area contributed by atoms with E-state index in [1.165, 1.54) is 7.11 Å². The highest BCUT2D eigenvalue weighted by molar-refractivity contribution is 5.99. The van der Waals surface area contributed by atoms with Crippen LogP contribution in [0.1, 0.15) is 23.7 Å². The maximum absolute atomic E-state index is 12.0. The van der Waals surface area contributed by atoms with Crippen LogP contribution in [0.4, 0.5) is 0 Å². The number of hydrogen-bond acceptors (Lipinski definition) is 4. The van der Waals surface area contributed by atoms with Crippen LogP contribution in [0, 0.1) is 5.92 Å². The standard InChI is InChI=1S/C13H16O4/c1-9(7-12(14)17-3)13(15)10-5-4-6-11(8-10)16-2/h4-6,8-9H,7H2,1-3H3/t9-/m0/s1. The second-order valence-electron chi connectivity index (χ2n) is 3.78. The van der Waals surface area contributed by atoms with E-state index in [9.17, 15) is 9.59 Å². The SMILES string of the molecule is COC(=O)C[C@H](C)C(=O)c1cccc(OC)c1. The fourth-order valence-electron chi connectivity index (χ4n) is 1.49. The summed E-state index contributed by atoms with van der Waals surface area (Å²) in [5.74, 6) is -0.237. The Balaban J connectivity index is 2.77. The van der Waals surface area contributed by atoms with Crippen molar-refractivity contribution >= 4 is 11.8 Å². The van der Waals surface area contributed by atoms with E-state index >= 15 is 0 Å². The first-order valence-corrected chi connectivity index (χ1v) is 5.33. The highest BCUT2D eigenvalue weighted by atomic mass is 16.5. The molecule has 0 aliphatic rings. The second-order valence-corrected chi connectivity index (χ2v) is 3.78. The molecule has 1 rings (SSSR count). The van der Waals surface area contributed by atoms with Gasteiger partial charge in [0.25, 0.3) is 0 Å². The van der Waals surface area contributed by atoms with Gasteiger partial charge >= 0.3 is 5.97 Å². The van der Waals surface area contributed by atoms with E-state index in [4.69, 9.17) is 4.74 Å². The molecule has 92 valence electrons. The molecule has 0 unspecified atom stereocenters. The first-order chi connectivity index (χ1) is 8.08. The fourth-order valence-corrected chi connectivity index (χ4v) is 1.49. The zero-order valence-corrected chi connectivity index (χ0v) is 10.2. The second kappa shape index (κ2) is 6.03. The number of carbonyl (C=O) groups is 2. The van der Waals surface area contributed by atoms with Crippen LogP contribution >= 0.6 is 0 Å². The molecule has 4 nitrogen and oxygen atoms in total. The fraction of sp³-hybridized carbons (Fsp3) is 0.385. The van der Waals surface area contributed by atoms with Crippen LogP contribution in [-0.4, -0.2) is 26.0 Å². The predicted molar refractivity (Wildman–Crippen MR) is 63.1 cm³/mol. The monoisotopic (exact) mass is 236 g/mol. The number of carbonyl (C=O) groups excluding carboxylic acids is 2. The average Bonchev–Trinajstić information content (AvgIpc) is 2.37. The number of ketones is 1. The first kappa shape index (κ1) is 13.2. The van der Waals surface area contributed by atoms with Crippen molar-refractivity contribution in [3.8, 4) is 5.75 Å². The van der Waals surface area contributed by atoms with Gasteiger partial charge in [-0.05, 0) is 12.1 Å². The van der Waals surface area contributed by atoms with Crippen molar-refractivity contribution in [1.82, 2.24) is 0 Å². The molecular formula is C13H16O4. The summed E-state index contributed by atoms with van der Waals surface area (Å²) in [5.41, 5.74) is 0.542. The van der Waals surface area contributed by atoms with E-state index in [1.54, 1.807) is 38.3 Å². The van der Waals surface area contributed by atoms with Crippen molar-refractivity contribution in [2.45, 2.75) is 13.3 Å². The molecule has 0 amide bonds. The Hall–Kier alpha value is -1.84. The van der Waals surface area contributed by atoms with Crippen LogP contribution in [0.2, 0.25) is 0 Å². The van der Waals surface area contributed by atoms with Gasteiger partial charge < -0.3 is 9.47 Å². The summed E-state index contributed by atoms with van der Waals surface area (Å²) >= 11 is 0. The summed E-state index contributed by atoms with van der Waals surface area (Å²) in [6.45, 7) is 1.71. The van der Waals surface area contributed by atoms with E-state index in [2.05, 4.69) is 4.74 Å². The largest absolute Gasteiger partial charge is 0.497 e. The van der Waals surface area contributed by atoms with Crippen LogP contribution in [0.5, 0.6) is 5.75 Å². The molecule has 1 aromatic rings. The molecule has 0 saturated heterocycles. The van der Waals surface area contributed by atoms with Gasteiger partial charge in [-0.1, -0.05) is 19.1 Å². The molecule has 0 N–H and O–H groups in total. The molecule has 0 saturated carbocycles. The lowest BCUT2D eigenvalue weighted by atomic mass is 9.96. The molecule has 0 aliphatic carbocycles. The molecule has 0 heterocycles. The molecule has 0 aliphatic heterocycles. The summed E-state index contributed by atoms with van der Waals surface area (Å²) in [4.78, 5) is 23.1. The van der Waals surface area contributed by atoms with Gasteiger partial charge in [-0.3, -0.25) is 9.59 Å². The Morgan fingerprint density at radius 1 is 1.29 bits per heavy atom. The van der Waals surface area contributed by atoms with Gasteiger partial charge in [-0.25, -0.2) is 0 Å². The highest BCUT2D eigenvalue weighted by Crippen LogP contribution is 2.17. The van der Waals surface area contributed by atoms with Crippen molar-refractivity contribution in [2.24, 2.45) is 5.92 Å². The lowest BCUT2D eigenvalue weighted by Gasteiger charge is -2.09. The number of hydrogen-bond donors (Lipinski definition) is 0. The van der Waals surface area contributed by atoms with Gasteiger partial charge in [0.15, 0.2) is 5.78 Å². The summed E-state index contributed by atoms with van der Waals surface area (Å²) in [7, 11) is 2.85. The van der Waals surface area contributed by atoms with Crippen molar-refractivity contribution in [3.05, 3.63) is 29.8 Å². The van der Waals surface area contributed by atoms with Crippen LogP contribution in [0.3, 0.4) is 0 Å². The molecule has 1 atom stereocenters. The highest BCUT2D eigenvalue weighted by Gasteiger charge is 2.19. The molecule has 0 bridgehead atoms. The van der Waals surface area contributed by atoms with Crippen molar-refractivity contribution in [3.63, 3.8) is 0 Å². The topological polar surface area (TPSA) is 52.6 Å². The predicted octanol–water partition coefficient (Wildman–Crippen LogP) is 2.08. The molecule has 0 radical (unpaired) electrons. The molecule has 1 aromatic carbocycles. The lowest BCUT2D eigenvalue weighted by Crippen LogP contribution is -2.16.